The summed E-state index contributed by atoms with van der Waals surface area (Å²) in [7, 11) is 0. The van der Waals surface area contributed by atoms with E-state index in [4.69, 9.17) is 0 Å². The molecule has 19 aromatic rings. The van der Waals surface area contributed by atoms with Crippen LogP contribution in [-0.4, -0.2) is 0 Å². The first-order valence-electron chi connectivity index (χ1n) is 35.5. The van der Waals surface area contributed by atoms with E-state index in [1.807, 2.05) is 0 Å². The van der Waals surface area contributed by atoms with Crippen molar-refractivity contribution < 1.29 is 0 Å². The van der Waals surface area contributed by atoms with Crippen molar-refractivity contribution in [2.24, 2.45) is 0 Å². The van der Waals surface area contributed by atoms with Gasteiger partial charge in [-0.1, -0.05) is 340 Å². The van der Waals surface area contributed by atoms with Crippen molar-refractivity contribution in [3.8, 4) is 33.4 Å². The van der Waals surface area contributed by atoms with Crippen molar-refractivity contribution in [2.75, 3.05) is 9.80 Å². The van der Waals surface area contributed by atoms with E-state index in [1.54, 1.807) is 0 Å². The number of fused-ring (bicyclic) bond motifs is 6. The van der Waals surface area contributed by atoms with Gasteiger partial charge in [0.2, 0.25) is 0 Å². The molecule has 2 heteroatoms. The summed E-state index contributed by atoms with van der Waals surface area (Å²) in [5, 5.41) is 15.4. The van der Waals surface area contributed by atoms with Crippen LogP contribution in [0.3, 0.4) is 0 Å². The second kappa shape index (κ2) is 23.8. The summed E-state index contributed by atoms with van der Waals surface area (Å²) < 4.78 is 0. The van der Waals surface area contributed by atoms with Crippen LogP contribution in [0.5, 0.6) is 0 Å². The lowest BCUT2D eigenvalue weighted by Crippen LogP contribution is -2.28. The van der Waals surface area contributed by atoms with Crippen LogP contribution in [0.15, 0.2) is 400 Å². The Morgan fingerprint density at radius 2 is 0.461 bits per heavy atom. The van der Waals surface area contributed by atoms with Crippen molar-refractivity contribution in [3.63, 3.8) is 0 Å². The van der Waals surface area contributed by atoms with Gasteiger partial charge in [-0.25, -0.2) is 0 Å². The van der Waals surface area contributed by atoms with Gasteiger partial charge in [0.15, 0.2) is 0 Å². The highest BCUT2D eigenvalue weighted by Gasteiger charge is 2.47. The fraction of sp³-hybridized carbons (Fsp3) is 0.0200. The van der Waals surface area contributed by atoms with Crippen molar-refractivity contribution in [3.05, 3.63) is 445 Å². The predicted molar refractivity (Wildman–Crippen MR) is 430 cm³/mol. The van der Waals surface area contributed by atoms with Gasteiger partial charge in [0.25, 0.3) is 0 Å². The number of para-hydroxylation sites is 1. The van der Waals surface area contributed by atoms with E-state index in [0.717, 1.165) is 28.4 Å². The highest BCUT2D eigenvalue weighted by atomic mass is 15.1. The molecule has 0 aliphatic heterocycles. The molecule has 0 bridgehead atoms. The molecule has 0 heterocycles. The minimum atomic E-state index is -0.446. The van der Waals surface area contributed by atoms with Gasteiger partial charge in [0, 0.05) is 33.5 Å². The van der Waals surface area contributed by atoms with Crippen LogP contribution in [0.2, 0.25) is 0 Å². The summed E-state index contributed by atoms with van der Waals surface area (Å²) in [4.78, 5) is 4.87. The molecule has 102 heavy (non-hydrogen) atoms. The SMILES string of the molecule is c1ccc(-c2cccc(N(c3ccc(C4(c5ccccc5)c5ccccc5-c5ccccc54)cc3)c3ccc4ccc5cccc6ccc3c4c56)c2)cc1.c1ccc(N(c2ccc(C3(c4ccccc4)c4ccccc4-c4ccccc43)cc2)c2ccc3ccc4cccc5ccc2c3c45)cc1. The van der Waals surface area contributed by atoms with Crippen molar-refractivity contribution >= 4 is 98.8 Å². The molecule has 0 N–H and O–H groups in total. The van der Waals surface area contributed by atoms with Crippen LogP contribution >= 0.6 is 0 Å². The van der Waals surface area contributed by atoms with Gasteiger partial charge in [0.05, 0.1) is 22.2 Å². The molecular formula is C100H66N2. The topological polar surface area (TPSA) is 6.48 Å². The molecular weight excluding hydrogens is 1230 g/mol. The molecule has 0 amide bonds. The van der Waals surface area contributed by atoms with E-state index in [9.17, 15) is 0 Å². The number of nitrogens with zero attached hydrogens (tertiary/aromatic N) is 2. The van der Waals surface area contributed by atoms with Gasteiger partial charge in [0.1, 0.15) is 0 Å². The Balaban J connectivity index is 0.000000138. The molecule has 2 nitrogen and oxygen atoms in total. The van der Waals surface area contributed by atoms with Crippen LogP contribution in [0.1, 0.15) is 44.5 Å². The Morgan fingerprint density at radius 1 is 0.176 bits per heavy atom. The zero-order valence-corrected chi connectivity index (χ0v) is 56.0. The lowest BCUT2D eigenvalue weighted by molar-refractivity contribution is 0.768. The summed E-state index contributed by atoms with van der Waals surface area (Å²) in [5.41, 5.74) is 23.9. The first kappa shape index (κ1) is 59.0. The maximum atomic E-state index is 2.45. The van der Waals surface area contributed by atoms with Crippen LogP contribution in [0.4, 0.5) is 34.1 Å². The summed E-state index contributed by atoms with van der Waals surface area (Å²) in [6, 6.07) is 148. The van der Waals surface area contributed by atoms with Crippen LogP contribution in [0, 0.1) is 0 Å². The van der Waals surface area contributed by atoms with Crippen LogP contribution < -0.4 is 9.80 Å². The minimum absolute atomic E-state index is 0.419. The average Bonchev–Trinajstić information content (AvgIpc) is 1.53. The van der Waals surface area contributed by atoms with Crippen molar-refractivity contribution in [2.45, 2.75) is 10.8 Å². The molecule has 0 atom stereocenters. The number of benzene rings is 19. The minimum Gasteiger partial charge on any atom is -0.310 e. The second-order valence-corrected chi connectivity index (χ2v) is 27.3. The molecule has 0 fully saturated rings. The van der Waals surface area contributed by atoms with Gasteiger partial charge >= 0.3 is 0 Å². The first-order chi connectivity index (χ1) is 50.6. The van der Waals surface area contributed by atoms with Gasteiger partial charge in [-0.3, -0.25) is 0 Å². The standard InChI is InChI=1S/C53H35N.C47H31N/c1-3-13-36(14-4-1)40-17-12-20-44(35-40)54(50-34-28-39-26-25-37-15-11-16-38-27-33-47(50)52(39)51(37)38)43-31-29-42(30-32-43)53(41-18-5-2-6-19-41)48-23-9-7-21-45(48)46-22-8-10-24-49(46)53;1-3-14-35(15-4-1)47(42-20-9-7-18-39(42)40-19-8-10-21-43(40)47)36-26-28-38(29-27-36)48(37-16-5-2-6-17-37)44-31-25-34-23-22-32-12-11-13-33-24-30-41(44)46(34)45(32)33/h1-35H;1-31H. The molecule has 0 aromatic heterocycles. The zero-order valence-electron chi connectivity index (χ0n) is 56.0. The maximum Gasteiger partial charge on any atom is 0.0713 e. The summed E-state index contributed by atoms with van der Waals surface area (Å²) in [6.45, 7) is 0. The fourth-order valence-electron chi connectivity index (χ4n) is 17.9. The molecule has 0 saturated heterocycles. The Kier molecular flexibility index (Phi) is 13.8. The fourth-order valence-corrected chi connectivity index (χ4v) is 17.9. The summed E-state index contributed by atoms with van der Waals surface area (Å²) >= 11 is 0. The van der Waals surface area contributed by atoms with Crippen molar-refractivity contribution in [1.29, 1.82) is 0 Å². The quantitative estimate of drug-likeness (QED) is 0.119. The van der Waals surface area contributed by atoms with Gasteiger partial charge < -0.3 is 9.80 Å². The summed E-state index contributed by atoms with van der Waals surface area (Å²) in [5.74, 6) is 0. The van der Waals surface area contributed by atoms with Crippen molar-refractivity contribution in [1.82, 2.24) is 0 Å². The highest BCUT2D eigenvalue weighted by Crippen LogP contribution is 2.59. The third-order valence-corrected chi connectivity index (χ3v) is 22.2. The Labute approximate surface area is 593 Å². The summed E-state index contributed by atoms with van der Waals surface area (Å²) in [6.07, 6.45) is 0. The highest BCUT2D eigenvalue weighted by molar-refractivity contribution is 6.27. The predicted octanol–water partition coefficient (Wildman–Crippen LogP) is 26.5. The Morgan fingerprint density at radius 3 is 0.873 bits per heavy atom. The number of hydrogen-bond acceptors (Lipinski definition) is 2. The molecule has 19 aromatic carbocycles. The van der Waals surface area contributed by atoms with E-state index in [-0.39, 0.29) is 0 Å². The molecule has 0 saturated carbocycles. The third-order valence-electron chi connectivity index (χ3n) is 22.2. The smallest absolute Gasteiger partial charge is 0.0713 e. The molecule has 0 unspecified atom stereocenters. The van der Waals surface area contributed by atoms with E-state index in [1.165, 1.54) is 148 Å². The lowest BCUT2D eigenvalue weighted by Gasteiger charge is -2.34. The van der Waals surface area contributed by atoms with Gasteiger partial charge in [-0.15, -0.1) is 0 Å². The molecule has 2 aliphatic carbocycles. The number of hydrogen-bond donors (Lipinski definition) is 0. The van der Waals surface area contributed by atoms with Gasteiger partial charge in [-0.05, 0) is 192 Å². The van der Waals surface area contributed by atoms with E-state index < -0.39 is 10.8 Å². The molecule has 476 valence electrons. The monoisotopic (exact) mass is 1290 g/mol. The normalized spacial score (nSPS) is 13.1. The largest absolute Gasteiger partial charge is 0.310 e. The second-order valence-electron chi connectivity index (χ2n) is 27.3. The number of anilines is 6. The Hall–Kier alpha value is -13.1. The lowest BCUT2D eigenvalue weighted by atomic mass is 9.68. The first-order valence-corrected chi connectivity index (χ1v) is 35.5. The third kappa shape index (κ3) is 8.99. The van der Waals surface area contributed by atoms with E-state index >= 15 is 0 Å². The number of rotatable bonds is 11. The van der Waals surface area contributed by atoms with Crippen LogP contribution in [-0.2, 0) is 10.8 Å². The Bertz CT molecular complexity index is 6240. The maximum absolute atomic E-state index is 2.45. The molecule has 0 radical (unpaired) electrons. The molecule has 2 aliphatic rings. The molecule has 21 rings (SSSR count). The average molecular weight is 1300 g/mol. The van der Waals surface area contributed by atoms with Crippen LogP contribution in [0.25, 0.3) is 98.0 Å². The molecule has 0 spiro atoms. The van der Waals surface area contributed by atoms with Gasteiger partial charge in [-0.2, -0.15) is 0 Å². The zero-order chi connectivity index (χ0) is 67.3. The van der Waals surface area contributed by atoms with E-state index in [2.05, 4.69) is 410 Å². The van der Waals surface area contributed by atoms with E-state index in [0.29, 0.717) is 0 Å².